The number of rotatable bonds is 7. The van der Waals surface area contributed by atoms with Gasteiger partial charge in [-0.2, -0.15) is 0 Å². The number of benzene rings is 3. The van der Waals surface area contributed by atoms with Crippen molar-refractivity contribution in [1.29, 1.82) is 0 Å². The Bertz CT molecular complexity index is 994. The van der Waals surface area contributed by atoms with Crippen LogP contribution in [0.5, 0.6) is 11.5 Å². The summed E-state index contributed by atoms with van der Waals surface area (Å²) in [5.74, 6) is 1.51. The van der Waals surface area contributed by atoms with E-state index in [1.165, 1.54) is 0 Å². The Hall–Kier alpha value is -2.34. The van der Waals surface area contributed by atoms with Gasteiger partial charge in [0.25, 0.3) is 0 Å². The predicted molar refractivity (Wildman–Crippen MR) is 130 cm³/mol. The van der Waals surface area contributed by atoms with Crippen molar-refractivity contribution in [3.63, 3.8) is 0 Å². The Morgan fingerprint density at radius 3 is 2.29 bits per heavy atom. The second-order valence-corrected chi connectivity index (χ2v) is 9.02. The molecule has 0 aliphatic carbocycles. The third-order valence-corrected chi connectivity index (χ3v) is 6.78. The summed E-state index contributed by atoms with van der Waals surface area (Å²) >= 11 is 8.12. The Balaban J connectivity index is 1.37. The lowest BCUT2D eigenvalue weighted by Gasteiger charge is -2.35. The normalized spacial score (nSPS) is 15.5. The molecule has 1 fully saturated rings. The van der Waals surface area contributed by atoms with Crippen molar-refractivity contribution in [2.75, 3.05) is 38.2 Å². The van der Waals surface area contributed by atoms with E-state index in [1.54, 1.807) is 19.1 Å². The van der Waals surface area contributed by atoms with E-state index in [0.29, 0.717) is 0 Å². The number of hydrogen-bond acceptors (Lipinski definition) is 5. The predicted octanol–water partition coefficient (Wildman–Crippen LogP) is 6.32. The standard InChI is InChI=1S/C25H27ClN2O2S/c1-19(20-8-4-3-5-9-20)30-24-13-12-21(18-25(24)29-2)31-28-16-14-27(15-17-28)23-11-7-6-10-22(23)26/h3-13,18-19H,14-17H2,1-2H3. The zero-order chi connectivity index (χ0) is 21.6. The molecule has 3 aromatic rings. The molecule has 1 heterocycles. The molecule has 6 heteroatoms. The minimum atomic E-state index is -0.0495. The number of halogens is 1. The van der Waals surface area contributed by atoms with Crippen molar-refractivity contribution in [2.45, 2.75) is 17.9 Å². The summed E-state index contributed by atoms with van der Waals surface area (Å²) in [4.78, 5) is 3.49. The van der Waals surface area contributed by atoms with Gasteiger partial charge in [-0.15, -0.1) is 0 Å². The number of ether oxygens (including phenoxy) is 2. The molecule has 0 amide bonds. The number of para-hydroxylation sites is 1. The fourth-order valence-electron chi connectivity index (χ4n) is 3.66. The van der Waals surface area contributed by atoms with Crippen LogP contribution >= 0.6 is 23.5 Å². The summed E-state index contributed by atoms with van der Waals surface area (Å²) in [7, 11) is 1.69. The first-order chi connectivity index (χ1) is 15.1. The highest BCUT2D eigenvalue weighted by atomic mass is 35.5. The highest BCUT2D eigenvalue weighted by Crippen LogP contribution is 2.36. The van der Waals surface area contributed by atoms with Crippen LogP contribution in [0, 0.1) is 0 Å². The van der Waals surface area contributed by atoms with E-state index in [9.17, 15) is 0 Å². The maximum atomic E-state index is 6.36. The second-order valence-electron chi connectivity index (χ2n) is 7.44. The van der Waals surface area contributed by atoms with Crippen LogP contribution in [0.2, 0.25) is 5.02 Å². The molecule has 0 spiro atoms. The van der Waals surface area contributed by atoms with Crippen LogP contribution in [0.1, 0.15) is 18.6 Å². The Kier molecular flexibility index (Phi) is 7.28. The summed E-state index contributed by atoms with van der Waals surface area (Å²) in [6, 6.07) is 24.4. The maximum Gasteiger partial charge on any atom is 0.162 e. The van der Waals surface area contributed by atoms with Crippen molar-refractivity contribution in [3.05, 3.63) is 83.4 Å². The van der Waals surface area contributed by atoms with Crippen molar-refractivity contribution in [3.8, 4) is 11.5 Å². The Morgan fingerprint density at radius 1 is 0.871 bits per heavy atom. The van der Waals surface area contributed by atoms with E-state index >= 15 is 0 Å². The van der Waals surface area contributed by atoms with E-state index in [2.05, 4.69) is 46.5 Å². The molecule has 4 nitrogen and oxygen atoms in total. The third-order valence-electron chi connectivity index (χ3n) is 5.37. The average Bonchev–Trinajstić information content (AvgIpc) is 2.81. The smallest absolute Gasteiger partial charge is 0.162 e. The molecular weight excluding hydrogens is 428 g/mol. The molecule has 0 saturated carbocycles. The molecule has 0 aromatic heterocycles. The van der Waals surface area contributed by atoms with Crippen molar-refractivity contribution in [1.82, 2.24) is 4.31 Å². The van der Waals surface area contributed by atoms with Crippen molar-refractivity contribution in [2.24, 2.45) is 0 Å². The number of hydrogen-bond donors (Lipinski definition) is 0. The Morgan fingerprint density at radius 2 is 1.58 bits per heavy atom. The van der Waals surface area contributed by atoms with Crippen LogP contribution in [-0.2, 0) is 0 Å². The van der Waals surface area contributed by atoms with E-state index < -0.39 is 0 Å². The van der Waals surface area contributed by atoms with Gasteiger partial charge in [0.1, 0.15) is 6.10 Å². The van der Waals surface area contributed by atoms with Gasteiger partial charge < -0.3 is 14.4 Å². The van der Waals surface area contributed by atoms with E-state index in [0.717, 1.165) is 58.8 Å². The molecule has 31 heavy (non-hydrogen) atoms. The molecule has 0 N–H and O–H groups in total. The number of methoxy groups -OCH3 is 1. The topological polar surface area (TPSA) is 24.9 Å². The first-order valence-corrected chi connectivity index (χ1v) is 11.6. The molecule has 1 aliphatic rings. The first-order valence-electron chi connectivity index (χ1n) is 10.5. The van der Waals surface area contributed by atoms with Crippen LogP contribution in [0.4, 0.5) is 5.69 Å². The molecule has 1 saturated heterocycles. The van der Waals surface area contributed by atoms with Crippen molar-refractivity contribution < 1.29 is 9.47 Å². The second kappa shape index (κ2) is 10.3. The van der Waals surface area contributed by atoms with Crippen LogP contribution < -0.4 is 14.4 Å². The van der Waals surface area contributed by atoms with Gasteiger partial charge in [-0.05, 0) is 54.8 Å². The van der Waals surface area contributed by atoms with Crippen molar-refractivity contribution >= 4 is 29.2 Å². The molecule has 0 radical (unpaired) electrons. The van der Waals surface area contributed by atoms with Gasteiger partial charge >= 0.3 is 0 Å². The van der Waals surface area contributed by atoms with Gasteiger partial charge in [-0.25, -0.2) is 4.31 Å². The van der Waals surface area contributed by atoms with Gasteiger partial charge in [-0.3, -0.25) is 0 Å². The lowest BCUT2D eigenvalue weighted by Crippen LogP contribution is -2.43. The van der Waals surface area contributed by atoms with Crippen LogP contribution in [0.3, 0.4) is 0 Å². The van der Waals surface area contributed by atoms with Crippen LogP contribution in [0.25, 0.3) is 0 Å². The quantitative estimate of drug-likeness (QED) is 0.389. The van der Waals surface area contributed by atoms with Gasteiger partial charge in [-0.1, -0.05) is 54.1 Å². The molecule has 1 atom stereocenters. The van der Waals surface area contributed by atoms with E-state index in [4.69, 9.17) is 21.1 Å². The first kappa shape index (κ1) is 21.9. The summed E-state index contributed by atoms with van der Waals surface area (Å²) in [5.41, 5.74) is 2.25. The highest BCUT2D eigenvalue weighted by molar-refractivity contribution is 7.97. The summed E-state index contributed by atoms with van der Waals surface area (Å²) in [6.07, 6.45) is -0.0495. The molecule has 4 rings (SSSR count). The number of piperazine rings is 1. The number of nitrogens with zero attached hydrogens (tertiary/aromatic N) is 2. The molecule has 162 valence electrons. The zero-order valence-electron chi connectivity index (χ0n) is 17.8. The monoisotopic (exact) mass is 454 g/mol. The van der Waals surface area contributed by atoms with E-state index in [1.807, 2.05) is 42.5 Å². The molecule has 1 unspecified atom stereocenters. The van der Waals surface area contributed by atoms with Crippen LogP contribution in [0.15, 0.2) is 77.7 Å². The van der Waals surface area contributed by atoms with Gasteiger partial charge in [0.15, 0.2) is 11.5 Å². The van der Waals surface area contributed by atoms with Gasteiger partial charge in [0.05, 0.1) is 17.8 Å². The average molecular weight is 455 g/mol. The highest BCUT2D eigenvalue weighted by Gasteiger charge is 2.20. The lowest BCUT2D eigenvalue weighted by molar-refractivity contribution is 0.215. The molecule has 0 bridgehead atoms. The Labute approximate surface area is 193 Å². The largest absolute Gasteiger partial charge is 0.493 e. The maximum absolute atomic E-state index is 6.36. The fourth-order valence-corrected chi connectivity index (χ4v) is 4.85. The third kappa shape index (κ3) is 5.48. The lowest BCUT2D eigenvalue weighted by atomic mass is 10.1. The fraction of sp³-hybridized carbons (Fsp3) is 0.280. The summed E-state index contributed by atoms with van der Waals surface area (Å²) < 4.78 is 14.2. The minimum absolute atomic E-state index is 0.0495. The van der Waals surface area contributed by atoms with Gasteiger partial charge in [0, 0.05) is 31.1 Å². The van der Waals surface area contributed by atoms with Gasteiger partial charge in [0.2, 0.25) is 0 Å². The summed E-state index contributed by atoms with van der Waals surface area (Å²) in [5, 5.41) is 0.814. The van der Waals surface area contributed by atoms with E-state index in [-0.39, 0.29) is 6.10 Å². The van der Waals surface area contributed by atoms with Crippen LogP contribution in [-0.4, -0.2) is 37.6 Å². The minimum Gasteiger partial charge on any atom is -0.493 e. The molecule has 3 aromatic carbocycles. The zero-order valence-corrected chi connectivity index (χ0v) is 19.4. The molecule has 1 aliphatic heterocycles. The number of anilines is 1. The molecular formula is C25H27ClN2O2S. The summed E-state index contributed by atoms with van der Waals surface area (Å²) in [6.45, 7) is 5.87. The SMILES string of the molecule is COc1cc(SN2CCN(c3ccccc3Cl)CC2)ccc1OC(C)c1ccccc1.